The highest BCUT2D eigenvalue weighted by molar-refractivity contribution is 7.80. The van der Waals surface area contributed by atoms with Gasteiger partial charge in [-0.2, -0.15) is 0 Å². The number of carbonyl (C=O) groups excluding carboxylic acids is 1. The minimum absolute atomic E-state index is 0.123. The molecule has 0 saturated heterocycles. The molecular weight excluding hydrogens is 380 g/mol. The first-order valence-corrected chi connectivity index (χ1v) is 11.3. The highest BCUT2D eigenvalue weighted by Crippen LogP contribution is 2.17. The minimum atomic E-state index is -0.503. The summed E-state index contributed by atoms with van der Waals surface area (Å²) in [6.07, 6.45) is 5.21. The van der Waals surface area contributed by atoms with E-state index in [2.05, 4.69) is 33.4 Å². The molecule has 0 bridgehead atoms. The fourth-order valence-corrected chi connectivity index (χ4v) is 2.64. The van der Waals surface area contributed by atoms with Gasteiger partial charge in [0, 0.05) is 26.7 Å². The van der Waals surface area contributed by atoms with E-state index in [1.165, 1.54) is 6.92 Å². The molecule has 0 aromatic carbocycles. The van der Waals surface area contributed by atoms with Crippen LogP contribution >= 0.6 is 12.6 Å². The molecule has 0 aliphatic heterocycles. The summed E-state index contributed by atoms with van der Waals surface area (Å²) in [6, 6.07) is 0. The van der Waals surface area contributed by atoms with Crippen LogP contribution in [0.4, 0.5) is 0 Å². The van der Waals surface area contributed by atoms with Crippen molar-refractivity contribution in [1.29, 1.82) is 0 Å². The Morgan fingerprint density at radius 2 is 1.43 bits per heavy atom. The molecule has 0 aliphatic rings. The van der Waals surface area contributed by atoms with E-state index in [4.69, 9.17) is 23.7 Å². The normalized spacial score (nSPS) is 15.8. The second-order valence-electron chi connectivity index (χ2n) is 6.99. The van der Waals surface area contributed by atoms with E-state index in [1.54, 1.807) is 0 Å². The standard InChI is InChI=1S/C21H42O6S/c1-6-9-12-23-15-20(25-14-11-8-3)21(28)27-19(16-26-18(5)22)17(4)24-13-10-7-2/h17,19-21,28H,6-16H2,1-5H3/t17-,19?,20-,21-/m0/s1. The largest absolute Gasteiger partial charge is 0.463 e. The first kappa shape index (κ1) is 27.7. The lowest BCUT2D eigenvalue weighted by Crippen LogP contribution is -2.41. The third-order valence-corrected chi connectivity index (χ3v) is 4.69. The topological polar surface area (TPSA) is 63.2 Å². The Kier molecular flexibility index (Phi) is 18.4. The van der Waals surface area contributed by atoms with Crippen molar-refractivity contribution < 1.29 is 28.5 Å². The van der Waals surface area contributed by atoms with Crippen LogP contribution in [0.1, 0.15) is 73.1 Å². The number of hydrogen-bond donors (Lipinski definition) is 1. The van der Waals surface area contributed by atoms with Crippen molar-refractivity contribution in [3.8, 4) is 0 Å². The Balaban J connectivity index is 4.80. The summed E-state index contributed by atoms with van der Waals surface area (Å²) in [5, 5.41) is 0. The maximum atomic E-state index is 11.2. The molecule has 0 aromatic rings. The van der Waals surface area contributed by atoms with Gasteiger partial charge in [0.25, 0.3) is 0 Å². The Bertz CT molecular complexity index is 369. The summed E-state index contributed by atoms with van der Waals surface area (Å²) >= 11 is 4.62. The van der Waals surface area contributed by atoms with Gasteiger partial charge in [-0.25, -0.2) is 0 Å². The van der Waals surface area contributed by atoms with E-state index in [0.29, 0.717) is 26.4 Å². The second-order valence-corrected chi connectivity index (χ2v) is 7.50. The van der Waals surface area contributed by atoms with Gasteiger partial charge in [0.2, 0.25) is 0 Å². The molecule has 0 aliphatic carbocycles. The number of ether oxygens (including phenoxy) is 5. The van der Waals surface area contributed by atoms with Crippen LogP contribution in [0.3, 0.4) is 0 Å². The number of carbonyl (C=O) groups is 1. The molecule has 0 amide bonds. The van der Waals surface area contributed by atoms with E-state index in [-0.39, 0.29) is 24.8 Å². The molecule has 28 heavy (non-hydrogen) atoms. The Morgan fingerprint density at radius 3 is 2.00 bits per heavy atom. The first-order chi connectivity index (χ1) is 13.5. The molecule has 7 heteroatoms. The van der Waals surface area contributed by atoms with Crippen LogP contribution in [0.2, 0.25) is 0 Å². The second kappa shape index (κ2) is 18.7. The highest BCUT2D eigenvalue weighted by atomic mass is 32.1. The zero-order chi connectivity index (χ0) is 21.2. The van der Waals surface area contributed by atoms with Crippen LogP contribution in [0.15, 0.2) is 0 Å². The van der Waals surface area contributed by atoms with Crippen LogP contribution in [0.25, 0.3) is 0 Å². The summed E-state index contributed by atoms with van der Waals surface area (Å²) in [5.41, 5.74) is -0.503. The van der Waals surface area contributed by atoms with Crippen molar-refractivity contribution in [1.82, 2.24) is 0 Å². The van der Waals surface area contributed by atoms with Crippen molar-refractivity contribution in [2.75, 3.05) is 33.0 Å². The van der Waals surface area contributed by atoms with Gasteiger partial charge in [0.1, 0.15) is 24.3 Å². The summed E-state index contributed by atoms with van der Waals surface area (Å²) in [7, 11) is 0. The number of thiol groups is 1. The number of unbranched alkanes of at least 4 members (excludes halogenated alkanes) is 3. The molecule has 0 radical (unpaired) electrons. The number of hydrogen-bond acceptors (Lipinski definition) is 7. The lowest BCUT2D eigenvalue weighted by molar-refractivity contribution is -0.160. The van der Waals surface area contributed by atoms with Crippen molar-refractivity contribution in [3.05, 3.63) is 0 Å². The SMILES string of the molecule is CCCCOC[C@H](OCCCC)[C@H](S)OC(COC(C)=O)[C@H](C)OCCCC. The van der Waals surface area contributed by atoms with Gasteiger partial charge in [-0.1, -0.05) is 40.0 Å². The van der Waals surface area contributed by atoms with Crippen LogP contribution in [0, 0.1) is 0 Å². The molecule has 0 heterocycles. The molecule has 1 unspecified atom stereocenters. The third-order valence-electron chi connectivity index (χ3n) is 4.24. The van der Waals surface area contributed by atoms with Crippen LogP contribution in [0.5, 0.6) is 0 Å². The maximum absolute atomic E-state index is 11.2. The van der Waals surface area contributed by atoms with Crippen molar-refractivity contribution >= 4 is 18.6 Å². The third kappa shape index (κ3) is 14.6. The average molecular weight is 423 g/mol. The fraction of sp³-hybridized carbons (Fsp3) is 0.952. The zero-order valence-corrected chi connectivity index (χ0v) is 19.4. The monoisotopic (exact) mass is 422 g/mol. The average Bonchev–Trinajstić information content (AvgIpc) is 2.66. The highest BCUT2D eigenvalue weighted by Gasteiger charge is 2.28. The van der Waals surface area contributed by atoms with Gasteiger partial charge in [-0.15, -0.1) is 12.6 Å². The molecule has 0 aromatic heterocycles. The summed E-state index contributed by atoms with van der Waals surface area (Å²) in [6.45, 7) is 12.2. The molecule has 6 nitrogen and oxygen atoms in total. The van der Waals surface area contributed by atoms with Crippen molar-refractivity contribution in [2.45, 2.75) is 96.9 Å². The summed E-state index contributed by atoms with van der Waals surface area (Å²) < 4.78 is 28.8. The van der Waals surface area contributed by atoms with Crippen LogP contribution in [-0.4, -0.2) is 62.8 Å². The Morgan fingerprint density at radius 1 is 0.857 bits per heavy atom. The van der Waals surface area contributed by atoms with Gasteiger partial charge in [-0.3, -0.25) is 4.79 Å². The van der Waals surface area contributed by atoms with E-state index in [1.807, 2.05) is 6.92 Å². The lowest BCUT2D eigenvalue weighted by atomic mass is 10.2. The van der Waals surface area contributed by atoms with Crippen LogP contribution < -0.4 is 0 Å². The number of rotatable bonds is 19. The van der Waals surface area contributed by atoms with Gasteiger partial charge in [0.15, 0.2) is 0 Å². The van der Waals surface area contributed by atoms with E-state index in [0.717, 1.165) is 38.5 Å². The molecule has 0 fully saturated rings. The quantitative estimate of drug-likeness (QED) is 0.144. The van der Waals surface area contributed by atoms with Crippen molar-refractivity contribution in [3.63, 3.8) is 0 Å². The Hall–Kier alpha value is -0.340. The predicted octanol–water partition coefficient (Wildman–Crippen LogP) is 4.40. The molecule has 0 rings (SSSR count). The predicted molar refractivity (Wildman–Crippen MR) is 115 cm³/mol. The molecule has 4 atom stereocenters. The molecule has 0 saturated carbocycles. The molecule has 168 valence electrons. The van der Waals surface area contributed by atoms with Gasteiger partial charge in [0.05, 0.1) is 12.7 Å². The van der Waals surface area contributed by atoms with Gasteiger partial charge >= 0.3 is 5.97 Å². The lowest BCUT2D eigenvalue weighted by Gasteiger charge is -2.30. The van der Waals surface area contributed by atoms with Crippen molar-refractivity contribution in [2.24, 2.45) is 0 Å². The zero-order valence-electron chi connectivity index (χ0n) is 18.5. The van der Waals surface area contributed by atoms with E-state index >= 15 is 0 Å². The fourth-order valence-electron chi connectivity index (χ4n) is 2.31. The van der Waals surface area contributed by atoms with Gasteiger partial charge < -0.3 is 23.7 Å². The number of esters is 1. The summed E-state index contributed by atoms with van der Waals surface area (Å²) in [5.74, 6) is -0.344. The molecular formula is C21H42O6S. The van der Waals surface area contributed by atoms with Crippen LogP contribution in [-0.2, 0) is 28.5 Å². The minimum Gasteiger partial charge on any atom is -0.463 e. The van der Waals surface area contributed by atoms with E-state index in [9.17, 15) is 4.79 Å². The molecule has 0 spiro atoms. The Labute approximate surface area is 177 Å². The van der Waals surface area contributed by atoms with Gasteiger partial charge in [-0.05, 0) is 26.2 Å². The maximum Gasteiger partial charge on any atom is 0.302 e. The van der Waals surface area contributed by atoms with E-state index < -0.39 is 11.5 Å². The first-order valence-electron chi connectivity index (χ1n) is 10.7. The smallest absolute Gasteiger partial charge is 0.302 e. The summed E-state index contributed by atoms with van der Waals surface area (Å²) in [4.78, 5) is 11.2. The molecule has 0 N–H and O–H groups in total.